The average molecular weight is 494 g/mol. The van der Waals surface area contributed by atoms with Gasteiger partial charge >= 0.3 is 6.09 Å². The molecule has 1 fully saturated rings. The van der Waals surface area contributed by atoms with Crippen LogP contribution >= 0.6 is 11.6 Å². The van der Waals surface area contributed by atoms with Crippen molar-refractivity contribution in [3.8, 4) is 11.5 Å². The van der Waals surface area contributed by atoms with Crippen molar-refractivity contribution in [1.29, 1.82) is 0 Å². The molecular weight excluding hydrogens is 466 g/mol. The Bertz CT molecular complexity index is 1150. The van der Waals surface area contributed by atoms with Crippen LogP contribution in [0.5, 0.6) is 11.5 Å². The van der Waals surface area contributed by atoms with Gasteiger partial charge in [-0.25, -0.2) is 4.79 Å². The molecule has 0 radical (unpaired) electrons. The predicted molar refractivity (Wildman–Crippen MR) is 136 cm³/mol. The zero-order valence-corrected chi connectivity index (χ0v) is 20.3. The molecule has 1 saturated heterocycles. The van der Waals surface area contributed by atoms with E-state index in [-0.39, 0.29) is 18.4 Å². The summed E-state index contributed by atoms with van der Waals surface area (Å²) in [5.74, 6) is 0.993. The van der Waals surface area contributed by atoms with Crippen LogP contribution in [0.15, 0.2) is 78.9 Å². The average Bonchev–Trinajstić information content (AvgIpc) is 3.20. The number of carbonyl (C=O) groups is 2. The predicted octanol–water partition coefficient (Wildman–Crippen LogP) is 5.30. The summed E-state index contributed by atoms with van der Waals surface area (Å²) >= 11 is 5.93. The summed E-state index contributed by atoms with van der Waals surface area (Å²) in [6.07, 6.45) is -1.07. The molecule has 182 valence electrons. The number of cyclic esters (lactones) is 1. The molecule has 1 aliphatic heterocycles. The van der Waals surface area contributed by atoms with Gasteiger partial charge in [0.2, 0.25) is 5.91 Å². The summed E-state index contributed by atoms with van der Waals surface area (Å²) in [5.41, 5.74) is 7.51. The Morgan fingerprint density at radius 1 is 1.03 bits per heavy atom. The van der Waals surface area contributed by atoms with Gasteiger partial charge in [-0.1, -0.05) is 55.8 Å². The molecule has 0 bridgehead atoms. The number of anilines is 1. The first-order chi connectivity index (χ1) is 16.8. The number of rotatable bonds is 8. The molecule has 0 unspecified atom stereocenters. The minimum atomic E-state index is -0.633. The summed E-state index contributed by atoms with van der Waals surface area (Å²) in [4.78, 5) is 27.0. The molecule has 7 nitrogen and oxygen atoms in total. The van der Waals surface area contributed by atoms with Crippen molar-refractivity contribution in [2.24, 2.45) is 11.7 Å². The second-order valence-corrected chi connectivity index (χ2v) is 9.15. The Labute approximate surface area is 209 Å². The van der Waals surface area contributed by atoms with Crippen LogP contribution in [-0.4, -0.2) is 30.7 Å². The Morgan fingerprint density at radius 2 is 1.63 bits per heavy atom. The van der Waals surface area contributed by atoms with Crippen molar-refractivity contribution in [3.63, 3.8) is 0 Å². The van der Waals surface area contributed by atoms with Gasteiger partial charge in [-0.05, 0) is 60.0 Å². The fourth-order valence-corrected chi connectivity index (χ4v) is 4.03. The van der Waals surface area contributed by atoms with E-state index in [0.29, 0.717) is 22.2 Å². The Kier molecular flexibility index (Phi) is 7.58. The maximum absolute atomic E-state index is 13.0. The molecule has 1 aliphatic rings. The van der Waals surface area contributed by atoms with Gasteiger partial charge in [0.15, 0.2) is 0 Å². The van der Waals surface area contributed by atoms with Crippen LogP contribution in [0.3, 0.4) is 0 Å². The molecule has 0 spiro atoms. The SMILES string of the molecule is CC(C)[C@@H](N)C(=O)NC[C@@H]1OC(=O)N(c2ccc(Oc3ccc(Cl)cc3)cc2)[C@H]1c1ccccc1. The maximum Gasteiger partial charge on any atom is 0.415 e. The van der Waals surface area contributed by atoms with E-state index >= 15 is 0 Å². The van der Waals surface area contributed by atoms with Crippen molar-refractivity contribution in [3.05, 3.63) is 89.4 Å². The highest BCUT2D eigenvalue weighted by Gasteiger charge is 2.43. The van der Waals surface area contributed by atoms with Crippen LogP contribution < -0.4 is 20.7 Å². The van der Waals surface area contributed by atoms with E-state index in [2.05, 4.69) is 5.32 Å². The topological polar surface area (TPSA) is 93.9 Å². The van der Waals surface area contributed by atoms with E-state index in [0.717, 1.165) is 5.56 Å². The Morgan fingerprint density at radius 3 is 2.23 bits per heavy atom. The van der Waals surface area contributed by atoms with E-state index in [4.69, 9.17) is 26.8 Å². The Balaban J connectivity index is 1.55. The van der Waals surface area contributed by atoms with Crippen LogP contribution in [0.4, 0.5) is 10.5 Å². The molecule has 0 aliphatic carbocycles. The number of hydrogen-bond acceptors (Lipinski definition) is 5. The first kappa shape index (κ1) is 24.6. The third-order valence-electron chi connectivity index (χ3n) is 5.88. The maximum atomic E-state index is 13.0. The summed E-state index contributed by atoms with van der Waals surface area (Å²) in [7, 11) is 0. The van der Waals surface area contributed by atoms with Crippen LogP contribution in [-0.2, 0) is 9.53 Å². The molecule has 0 aromatic heterocycles. The molecule has 1 heterocycles. The molecule has 3 aromatic rings. The summed E-state index contributed by atoms with van der Waals surface area (Å²) in [5, 5.41) is 3.47. The number of amides is 2. The van der Waals surface area contributed by atoms with Crippen molar-refractivity contribution < 1.29 is 19.1 Å². The fraction of sp³-hybridized carbons (Fsp3) is 0.259. The number of ether oxygens (including phenoxy) is 2. The zero-order chi connectivity index (χ0) is 24.9. The smallest absolute Gasteiger partial charge is 0.415 e. The molecule has 4 rings (SSSR count). The lowest BCUT2D eigenvalue weighted by atomic mass is 9.99. The van der Waals surface area contributed by atoms with Crippen molar-refractivity contribution in [2.45, 2.75) is 32.0 Å². The second-order valence-electron chi connectivity index (χ2n) is 8.71. The fourth-order valence-electron chi connectivity index (χ4n) is 3.90. The van der Waals surface area contributed by atoms with Crippen LogP contribution in [0.1, 0.15) is 25.5 Å². The van der Waals surface area contributed by atoms with Gasteiger partial charge < -0.3 is 20.5 Å². The summed E-state index contributed by atoms with van der Waals surface area (Å²) in [6.45, 7) is 3.92. The van der Waals surface area contributed by atoms with Crippen molar-refractivity contribution in [2.75, 3.05) is 11.4 Å². The molecule has 35 heavy (non-hydrogen) atoms. The van der Waals surface area contributed by atoms with Crippen molar-refractivity contribution >= 4 is 29.3 Å². The van der Waals surface area contributed by atoms with Gasteiger partial charge in [0.25, 0.3) is 0 Å². The Hall–Kier alpha value is -3.55. The van der Waals surface area contributed by atoms with Gasteiger partial charge in [-0.2, -0.15) is 0 Å². The lowest BCUT2D eigenvalue weighted by Gasteiger charge is -2.26. The third kappa shape index (κ3) is 5.75. The van der Waals surface area contributed by atoms with Gasteiger partial charge in [-0.15, -0.1) is 0 Å². The number of nitrogens with one attached hydrogen (secondary N) is 1. The highest BCUT2D eigenvalue weighted by Crippen LogP contribution is 2.38. The van der Waals surface area contributed by atoms with E-state index < -0.39 is 24.3 Å². The largest absolute Gasteiger partial charge is 0.457 e. The summed E-state index contributed by atoms with van der Waals surface area (Å²) in [6, 6.07) is 22.8. The molecule has 2 amide bonds. The number of hydrogen-bond donors (Lipinski definition) is 2. The normalized spacial score (nSPS) is 18.3. The molecule has 3 aromatic carbocycles. The number of halogens is 1. The standard InChI is InChI=1S/C27H28ClN3O4/c1-17(2)24(29)26(32)30-16-23-25(18-6-4-3-5-7-18)31(27(33)35-23)20-10-14-22(15-11-20)34-21-12-8-19(28)9-13-21/h3-15,17,23-25H,16,29H2,1-2H3,(H,30,32)/t23-,24+,25-/m0/s1. The third-order valence-corrected chi connectivity index (χ3v) is 6.13. The molecule has 8 heteroatoms. The molecular formula is C27H28ClN3O4. The van der Waals surface area contributed by atoms with Gasteiger partial charge in [0, 0.05) is 10.7 Å². The minimum Gasteiger partial charge on any atom is -0.457 e. The van der Waals surface area contributed by atoms with Gasteiger partial charge in [-0.3, -0.25) is 9.69 Å². The van der Waals surface area contributed by atoms with Crippen LogP contribution in [0.25, 0.3) is 0 Å². The van der Waals surface area contributed by atoms with E-state index in [9.17, 15) is 9.59 Å². The summed E-state index contributed by atoms with van der Waals surface area (Å²) < 4.78 is 11.6. The van der Waals surface area contributed by atoms with Gasteiger partial charge in [0.1, 0.15) is 23.6 Å². The zero-order valence-electron chi connectivity index (χ0n) is 19.6. The van der Waals surface area contributed by atoms with Crippen LogP contribution in [0.2, 0.25) is 5.02 Å². The monoisotopic (exact) mass is 493 g/mol. The van der Waals surface area contributed by atoms with E-state index in [1.807, 2.05) is 44.2 Å². The van der Waals surface area contributed by atoms with Gasteiger partial charge in [0.05, 0.1) is 12.6 Å². The molecule has 0 saturated carbocycles. The van der Waals surface area contributed by atoms with E-state index in [1.54, 1.807) is 53.4 Å². The highest BCUT2D eigenvalue weighted by molar-refractivity contribution is 6.30. The number of benzene rings is 3. The number of nitrogens with zero attached hydrogens (tertiary/aromatic N) is 1. The number of carbonyl (C=O) groups excluding carboxylic acids is 2. The quantitative estimate of drug-likeness (QED) is 0.444. The lowest BCUT2D eigenvalue weighted by Crippen LogP contribution is -2.47. The highest BCUT2D eigenvalue weighted by atomic mass is 35.5. The molecule has 3 N–H and O–H groups in total. The first-order valence-electron chi connectivity index (χ1n) is 11.4. The van der Waals surface area contributed by atoms with Crippen molar-refractivity contribution in [1.82, 2.24) is 5.32 Å². The lowest BCUT2D eigenvalue weighted by molar-refractivity contribution is -0.123. The van der Waals surface area contributed by atoms with Crippen LogP contribution in [0, 0.1) is 5.92 Å². The van der Waals surface area contributed by atoms with E-state index in [1.165, 1.54) is 0 Å². The first-order valence-corrected chi connectivity index (χ1v) is 11.8. The minimum absolute atomic E-state index is 0.00356. The molecule has 3 atom stereocenters. The second kappa shape index (κ2) is 10.8. The number of nitrogens with two attached hydrogens (primary N) is 1.